The van der Waals surface area contributed by atoms with Crippen molar-refractivity contribution in [3.63, 3.8) is 0 Å². The highest BCUT2D eigenvalue weighted by atomic mass is 32.2. The summed E-state index contributed by atoms with van der Waals surface area (Å²) in [5.74, 6) is 0.866. The average molecular weight is 392 g/mol. The van der Waals surface area contributed by atoms with E-state index >= 15 is 0 Å². The second-order valence-electron chi connectivity index (χ2n) is 6.53. The van der Waals surface area contributed by atoms with Crippen LogP contribution in [-0.2, 0) is 4.79 Å². The zero-order chi connectivity index (χ0) is 19.3. The number of furan rings is 1. The lowest BCUT2D eigenvalue weighted by Crippen LogP contribution is -2.48. The standard InChI is InChI=1S/C22H20N2O3S/c25-21(18-14-28-15-24(18)22(26)19-12-7-13-27-19)23-20(16-8-3-1-4-9-16)17-10-5-2-6-11-17/h1-13,18,20H,14-15H2,(H,23,25). The predicted molar refractivity (Wildman–Crippen MR) is 109 cm³/mol. The molecule has 1 saturated heterocycles. The van der Waals surface area contributed by atoms with Gasteiger partial charge in [0.1, 0.15) is 6.04 Å². The van der Waals surface area contributed by atoms with Crippen molar-refractivity contribution in [2.45, 2.75) is 12.1 Å². The van der Waals surface area contributed by atoms with E-state index in [4.69, 9.17) is 4.42 Å². The van der Waals surface area contributed by atoms with E-state index in [0.29, 0.717) is 11.6 Å². The Morgan fingerprint density at radius 1 is 0.964 bits per heavy atom. The molecule has 2 heterocycles. The summed E-state index contributed by atoms with van der Waals surface area (Å²) in [4.78, 5) is 27.4. The lowest BCUT2D eigenvalue weighted by Gasteiger charge is -2.26. The van der Waals surface area contributed by atoms with Gasteiger partial charge in [0, 0.05) is 5.75 Å². The highest BCUT2D eigenvalue weighted by Crippen LogP contribution is 2.26. The van der Waals surface area contributed by atoms with Crippen molar-refractivity contribution in [2.24, 2.45) is 0 Å². The van der Waals surface area contributed by atoms with Gasteiger partial charge in [-0.1, -0.05) is 60.7 Å². The van der Waals surface area contributed by atoms with Crippen molar-refractivity contribution in [1.29, 1.82) is 0 Å². The van der Waals surface area contributed by atoms with Gasteiger partial charge in [0.25, 0.3) is 5.91 Å². The molecule has 1 unspecified atom stereocenters. The minimum Gasteiger partial charge on any atom is -0.459 e. The molecule has 5 nitrogen and oxygen atoms in total. The Hall–Kier alpha value is -2.99. The molecule has 2 amide bonds. The van der Waals surface area contributed by atoms with Gasteiger partial charge in [0.2, 0.25) is 5.91 Å². The molecule has 0 aliphatic carbocycles. The topological polar surface area (TPSA) is 62.6 Å². The number of carbonyl (C=O) groups is 2. The molecule has 0 spiro atoms. The van der Waals surface area contributed by atoms with Crippen molar-refractivity contribution < 1.29 is 14.0 Å². The van der Waals surface area contributed by atoms with Crippen molar-refractivity contribution in [3.8, 4) is 0 Å². The molecule has 1 atom stereocenters. The molecular formula is C22H20N2O3S. The third-order valence-corrected chi connectivity index (χ3v) is 5.74. The van der Waals surface area contributed by atoms with Gasteiger partial charge in [-0.15, -0.1) is 11.8 Å². The Kier molecular flexibility index (Phi) is 5.48. The van der Waals surface area contributed by atoms with Gasteiger partial charge in [-0.3, -0.25) is 9.59 Å². The fourth-order valence-electron chi connectivity index (χ4n) is 3.29. The van der Waals surface area contributed by atoms with E-state index < -0.39 is 6.04 Å². The van der Waals surface area contributed by atoms with Crippen LogP contribution in [0.2, 0.25) is 0 Å². The summed E-state index contributed by atoms with van der Waals surface area (Å²) < 4.78 is 5.22. The number of nitrogens with zero attached hydrogens (tertiary/aromatic N) is 1. The van der Waals surface area contributed by atoms with Crippen molar-refractivity contribution in [2.75, 3.05) is 11.6 Å². The van der Waals surface area contributed by atoms with Gasteiger partial charge in [-0.25, -0.2) is 0 Å². The van der Waals surface area contributed by atoms with Crippen LogP contribution >= 0.6 is 11.8 Å². The van der Waals surface area contributed by atoms with Gasteiger partial charge >= 0.3 is 0 Å². The number of hydrogen-bond acceptors (Lipinski definition) is 4. The molecule has 2 aromatic carbocycles. The largest absolute Gasteiger partial charge is 0.459 e. The SMILES string of the molecule is O=C(NC(c1ccccc1)c1ccccc1)C1CSCN1C(=O)c1ccco1. The lowest BCUT2D eigenvalue weighted by molar-refractivity contribution is -0.125. The number of carbonyl (C=O) groups excluding carboxylic acids is 2. The average Bonchev–Trinajstić information content (AvgIpc) is 3.45. The van der Waals surface area contributed by atoms with Crippen LogP contribution in [0.4, 0.5) is 0 Å². The van der Waals surface area contributed by atoms with Crippen LogP contribution in [0.15, 0.2) is 83.5 Å². The van der Waals surface area contributed by atoms with Crippen LogP contribution in [0.25, 0.3) is 0 Å². The molecule has 0 radical (unpaired) electrons. The number of benzene rings is 2. The second kappa shape index (κ2) is 8.35. The molecule has 1 fully saturated rings. The highest BCUT2D eigenvalue weighted by Gasteiger charge is 2.37. The van der Waals surface area contributed by atoms with E-state index in [2.05, 4.69) is 5.32 Å². The summed E-state index contributed by atoms with van der Waals surface area (Å²) in [6.45, 7) is 0. The summed E-state index contributed by atoms with van der Waals surface area (Å²) >= 11 is 1.57. The molecule has 6 heteroatoms. The minimum absolute atomic E-state index is 0.164. The third kappa shape index (κ3) is 3.82. The summed E-state index contributed by atoms with van der Waals surface area (Å²) in [5.41, 5.74) is 1.99. The molecule has 1 aliphatic heterocycles. The van der Waals surface area contributed by atoms with Crippen molar-refractivity contribution in [1.82, 2.24) is 10.2 Å². The highest BCUT2D eigenvalue weighted by molar-refractivity contribution is 7.99. The first-order valence-corrected chi connectivity index (χ1v) is 10.2. The second-order valence-corrected chi connectivity index (χ2v) is 7.53. The number of rotatable bonds is 5. The lowest BCUT2D eigenvalue weighted by atomic mass is 9.98. The molecule has 1 aromatic heterocycles. The maximum absolute atomic E-state index is 13.1. The minimum atomic E-state index is -0.530. The van der Waals surface area contributed by atoms with E-state index in [-0.39, 0.29) is 23.6 Å². The maximum atomic E-state index is 13.1. The Bertz CT molecular complexity index is 889. The first kappa shape index (κ1) is 18.4. The molecule has 3 aromatic rings. The molecule has 1 aliphatic rings. The van der Waals surface area contributed by atoms with Crippen LogP contribution in [-0.4, -0.2) is 34.4 Å². The fourth-order valence-corrected chi connectivity index (χ4v) is 4.44. The Labute approximate surface area is 167 Å². The van der Waals surface area contributed by atoms with Crippen LogP contribution in [0.5, 0.6) is 0 Å². The Morgan fingerprint density at radius 2 is 1.61 bits per heavy atom. The van der Waals surface area contributed by atoms with Crippen molar-refractivity contribution in [3.05, 3.63) is 95.9 Å². The first-order valence-electron chi connectivity index (χ1n) is 9.06. The summed E-state index contributed by atoms with van der Waals surface area (Å²) in [5, 5.41) is 3.14. The quantitative estimate of drug-likeness (QED) is 0.719. The van der Waals surface area contributed by atoms with Crippen LogP contribution in [0.1, 0.15) is 27.7 Å². The van der Waals surface area contributed by atoms with Crippen LogP contribution in [0, 0.1) is 0 Å². The molecule has 28 heavy (non-hydrogen) atoms. The normalized spacial score (nSPS) is 16.3. The molecule has 142 valence electrons. The third-order valence-electron chi connectivity index (χ3n) is 4.73. The van der Waals surface area contributed by atoms with E-state index in [1.165, 1.54) is 6.26 Å². The zero-order valence-electron chi connectivity index (χ0n) is 15.2. The van der Waals surface area contributed by atoms with E-state index in [0.717, 1.165) is 11.1 Å². The molecule has 0 bridgehead atoms. The smallest absolute Gasteiger partial charge is 0.290 e. The molecule has 4 rings (SSSR count). The van der Waals surface area contributed by atoms with Gasteiger partial charge < -0.3 is 14.6 Å². The van der Waals surface area contributed by atoms with E-state index in [1.807, 2.05) is 60.7 Å². The summed E-state index contributed by atoms with van der Waals surface area (Å²) in [7, 11) is 0. The summed E-state index contributed by atoms with van der Waals surface area (Å²) in [6, 6.07) is 22.2. The Balaban J connectivity index is 1.56. The first-order chi connectivity index (χ1) is 13.7. The van der Waals surface area contributed by atoms with Crippen molar-refractivity contribution >= 4 is 23.6 Å². The zero-order valence-corrected chi connectivity index (χ0v) is 16.0. The van der Waals surface area contributed by atoms with E-state index in [9.17, 15) is 9.59 Å². The predicted octanol–water partition coefficient (Wildman–Crippen LogP) is 3.70. The number of nitrogens with one attached hydrogen (secondary N) is 1. The van der Waals surface area contributed by atoms with Gasteiger partial charge in [0.05, 0.1) is 18.2 Å². The van der Waals surface area contributed by atoms with Crippen LogP contribution < -0.4 is 5.32 Å². The van der Waals surface area contributed by atoms with Gasteiger partial charge in [0.15, 0.2) is 5.76 Å². The molecule has 1 N–H and O–H groups in total. The summed E-state index contributed by atoms with van der Waals surface area (Å²) in [6.07, 6.45) is 1.46. The molecule has 0 saturated carbocycles. The molecular weight excluding hydrogens is 372 g/mol. The number of amides is 2. The number of hydrogen-bond donors (Lipinski definition) is 1. The van der Waals surface area contributed by atoms with Gasteiger partial charge in [-0.05, 0) is 23.3 Å². The fraction of sp³-hybridized carbons (Fsp3) is 0.182. The number of thioether (sulfide) groups is 1. The Morgan fingerprint density at radius 3 is 2.18 bits per heavy atom. The van der Waals surface area contributed by atoms with E-state index in [1.54, 1.807) is 28.8 Å². The van der Waals surface area contributed by atoms with Gasteiger partial charge in [-0.2, -0.15) is 0 Å². The van der Waals surface area contributed by atoms with Crippen LogP contribution in [0.3, 0.4) is 0 Å². The maximum Gasteiger partial charge on any atom is 0.290 e. The monoisotopic (exact) mass is 392 g/mol.